The summed E-state index contributed by atoms with van der Waals surface area (Å²) >= 11 is 0. The third-order valence-electron chi connectivity index (χ3n) is 1.02. The lowest BCUT2D eigenvalue weighted by Gasteiger charge is -2.19. The Hall–Kier alpha value is 0.766. The molecule has 0 bridgehead atoms. The predicted molar refractivity (Wildman–Crippen MR) is 47.5 cm³/mol. The van der Waals surface area contributed by atoms with Gasteiger partial charge in [0, 0.05) is 0 Å². The van der Waals surface area contributed by atoms with Gasteiger partial charge in [-0.1, -0.05) is 34.6 Å². The first-order chi connectivity index (χ1) is 3.42. The smallest absolute Gasteiger partial charge is 0.0628 e. The van der Waals surface area contributed by atoms with E-state index in [1.165, 1.54) is 6.42 Å². The molecule has 0 N–H and O–H groups in total. The van der Waals surface area contributed by atoms with E-state index < -0.39 is 0 Å². The van der Waals surface area contributed by atoms with Gasteiger partial charge in [0.2, 0.25) is 0 Å². The number of hydrogen-bond donors (Lipinski definition) is 0. The molecule has 1 heteroatoms. The summed E-state index contributed by atoms with van der Waals surface area (Å²) in [5.74, 6) is 0.843. The standard InChI is InChI=1S/C8H18.Mg.2H/c1-7(2)6-8(3,4)5;;;/h7H,6H2,1-5H3;;;. The summed E-state index contributed by atoms with van der Waals surface area (Å²) in [6, 6.07) is 0. The Morgan fingerprint density at radius 2 is 1.44 bits per heavy atom. The van der Waals surface area contributed by atoms with E-state index in [9.17, 15) is 0 Å². The van der Waals surface area contributed by atoms with Crippen molar-refractivity contribution in [2.24, 2.45) is 11.3 Å². The zero-order valence-electron chi connectivity index (χ0n) is 6.78. The quantitative estimate of drug-likeness (QED) is 0.490. The Bertz CT molecular complexity index is 59.5. The first-order valence-corrected chi connectivity index (χ1v) is 3.42. The zero-order chi connectivity index (χ0) is 6.78. The Kier molecular flexibility index (Phi) is 6.31. The molecule has 0 atom stereocenters. The van der Waals surface area contributed by atoms with Gasteiger partial charge < -0.3 is 0 Å². The van der Waals surface area contributed by atoms with Gasteiger partial charge in [0.15, 0.2) is 0 Å². The van der Waals surface area contributed by atoms with E-state index in [1.807, 2.05) is 0 Å². The molecule has 0 aliphatic carbocycles. The van der Waals surface area contributed by atoms with Crippen molar-refractivity contribution < 1.29 is 0 Å². The normalized spacial score (nSPS) is 11.3. The zero-order valence-corrected chi connectivity index (χ0v) is 6.78. The molecule has 0 aromatic rings. The third kappa shape index (κ3) is 12.1. The molecule has 9 heavy (non-hydrogen) atoms. The lowest BCUT2D eigenvalue weighted by atomic mass is 9.86. The van der Waals surface area contributed by atoms with E-state index in [1.54, 1.807) is 0 Å². The highest BCUT2D eigenvalue weighted by molar-refractivity contribution is 5.75. The summed E-state index contributed by atoms with van der Waals surface area (Å²) in [4.78, 5) is 0. The Morgan fingerprint density at radius 3 is 1.44 bits per heavy atom. The van der Waals surface area contributed by atoms with E-state index in [0.29, 0.717) is 5.41 Å². The second kappa shape index (κ2) is 4.56. The van der Waals surface area contributed by atoms with Crippen molar-refractivity contribution in [3.8, 4) is 0 Å². The molecular weight excluding hydrogens is 120 g/mol. The fourth-order valence-corrected chi connectivity index (χ4v) is 1.22. The van der Waals surface area contributed by atoms with Crippen LogP contribution in [0.25, 0.3) is 0 Å². The molecule has 0 nitrogen and oxygen atoms in total. The summed E-state index contributed by atoms with van der Waals surface area (Å²) in [5, 5.41) is 0. The second-order valence-corrected chi connectivity index (χ2v) is 4.16. The highest BCUT2D eigenvalue weighted by Gasteiger charge is 2.11. The predicted octanol–water partition coefficient (Wildman–Crippen LogP) is 2.16. The van der Waals surface area contributed by atoms with Gasteiger partial charge >= 0.3 is 23.1 Å². The van der Waals surface area contributed by atoms with E-state index in [4.69, 9.17) is 0 Å². The molecule has 0 aromatic carbocycles. The summed E-state index contributed by atoms with van der Waals surface area (Å²) in [5.41, 5.74) is 0.522. The first-order valence-electron chi connectivity index (χ1n) is 3.42. The fourth-order valence-electron chi connectivity index (χ4n) is 1.22. The van der Waals surface area contributed by atoms with E-state index in [-0.39, 0.29) is 23.1 Å². The minimum atomic E-state index is 0. The lowest BCUT2D eigenvalue weighted by molar-refractivity contribution is 0.320. The summed E-state index contributed by atoms with van der Waals surface area (Å²) in [6.07, 6.45) is 1.33. The SMILES string of the molecule is CC(C)CC(C)(C)C.[MgH2]. The highest BCUT2D eigenvalue weighted by Crippen LogP contribution is 2.23. The van der Waals surface area contributed by atoms with Crippen LogP contribution < -0.4 is 0 Å². The molecule has 0 aliphatic rings. The second-order valence-electron chi connectivity index (χ2n) is 4.16. The van der Waals surface area contributed by atoms with Crippen LogP contribution in [0.2, 0.25) is 0 Å². The van der Waals surface area contributed by atoms with Crippen molar-refractivity contribution in [2.45, 2.75) is 41.0 Å². The molecule has 0 fully saturated rings. The third-order valence-corrected chi connectivity index (χ3v) is 1.02. The molecule has 0 saturated heterocycles. The maximum Gasteiger partial charge on any atom is 0.316 e. The van der Waals surface area contributed by atoms with Crippen LogP contribution in [0.1, 0.15) is 41.0 Å². The van der Waals surface area contributed by atoms with Gasteiger partial charge in [-0.2, -0.15) is 0 Å². The van der Waals surface area contributed by atoms with Crippen molar-refractivity contribution in [3.63, 3.8) is 0 Å². The Labute approximate surface area is 75.6 Å². The summed E-state index contributed by atoms with van der Waals surface area (Å²) in [6.45, 7) is 11.4. The van der Waals surface area contributed by atoms with Crippen molar-refractivity contribution in [3.05, 3.63) is 0 Å². The van der Waals surface area contributed by atoms with Crippen LogP contribution >= 0.6 is 0 Å². The molecule has 0 aliphatic heterocycles. The molecule has 0 spiro atoms. The molecule has 54 valence electrons. The Morgan fingerprint density at radius 1 is 1.11 bits per heavy atom. The molecule has 0 radical (unpaired) electrons. The highest BCUT2D eigenvalue weighted by atomic mass is 24.3. The van der Waals surface area contributed by atoms with Gasteiger partial charge in [-0.05, 0) is 17.8 Å². The van der Waals surface area contributed by atoms with Crippen molar-refractivity contribution in [2.75, 3.05) is 0 Å². The van der Waals surface area contributed by atoms with Crippen LogP contribution in [-0.2, 0) is 0 Å². The Balaban J connectivity index is 0. The molecular formula is C8H20Mg. The monoisotopic (exact) mass is 140 g/mol. The molecule has 0 heterocycles. The maximum atomic E-state index is 2.28. The topological polar surface area (TPSA) is 0 Å². The first kappa shape index (κ1) is 12.4. The van der Waals surface area contributed by atoms with Gasteiger partial charge in [0.25, 0.3) is 0 Å². The van der Waals surface area contributed by atoms with E-state index in [2.05, 4.69) is 34.6 Å². The van der Waals surface area contributed by atoms with Gasteiger partial charge in [-0.25, -0.2) is 0 Å². The van der Waals surface area contributed by atoms with Crippen molar-refractivity contribution in [1.82, 2.24) is 0 Å². The average Bonchev–Trinajstić information content (AvgIpc) is 1.21. The minimum absolute atomic E-state index is 0. The number of rotatable bonds is 1. The van der Waals surface area contributed by atoms with Gasteiger partial charge in [-0.3, -0.25) is 0 Å². The molecule has 0 amide bonds. The largest absolute Gasteiger partial charge is 0.316 e. The maximum absolute atomic E-state index is 2.28. The van der Waals surface area contributed by atoms with Crippen LogP contribution in [0.5, 0.6) is 0 Å². The van der Waals surface area contributed by atoms with Crippen molar-refractivity contribution >= 4 is 23.1 Å². The van der Waals surface area contributed by atoms with Crippen LogP contribution in [0.15, 0.2) is 0 Å². The van der Waals surface area contributed by atoms with Gasteiger partial charge in [0.05, 0.1) is 0 Å². The van der Waals surface area contributed by atoms with Crippen LogP contribution in [-0.4, -0.2) is 23.1 Å². The molecule has 0 saturated carbocycles. The molecule has 0 rings (SSSR count). The van der Waals surface area contributed by atoms with Crippen LogP contribution in [0.3, 0.4) is 0 Å². The average molecular weight is 141 g/mol. The fraction of sp³-hybridized carbons (Fsp3) is 1.00. The molecule has 0 aromatic heterocycles. The van der Waals surface area contributed by atoms with Crippen LogP contribution in [0.4, 0.5) is 0 Å². The lowest BCUT2D eigenvalue weighted by Crippen LogP contribution is -2.08. The number of hydrogen-bond acceptors (Lipinski definition) is 0. The van der Waals surface area contributed by atoms with Gasteiger partial charge in [-0.15, -0.1) is 0 Å². The minimum Gasteiger partial charge on any atom is -0.0628 e. The summed E-state index contributed by atoms with van der Waals surface area (Å²) < 4.78 is 0. The van der Waals surface area contributed by atoms with Crippen molar-refractivity contribution in [1.29, 1.82) is 0 Å². The molecule has 0 unspecified atom stereocenters. The summed E-state index contributed by atoms with van der Waals surface area (Å²) in [7, 11) is 0. The van der Waals surface area contributed by atoms with E-state index in [0.717, 1.165) is 5.92 Å². The van der Waals surface area contributed by atoms with Crippen LogP contribution in [0, 0.1) is 11.3 Å². The van der Waals surface area contributed by atoms with E-state index >= 15 is 0 Å². The van der Waals surface area contributed by atoms with Gasteiger partial charge in [0.1, 0.15) is 0 Å².